The number of halogens is 3. The van der Waals surface area contributed by atoms with Gasteiger partial charge in [0.25, 0.3) is 5.56 Å². The summed E-state index contributed by atoms with van der Waals surface area (Å²) in [4.78, 5) is 28.4. The molecule has 3 aromatic rings. The molecule has 3 rings (SSSR count). The Labute approximate surface area is 163 Å². The van der Waals surface area contributed by atoms with Gasteiger partial charge in [-0.05, 0) is 17.7 Å². The molecule has 0 saturated carbocycles. The second-order valence-electron chi connectivity index (χ2n) is 5.59. The fourth-order valence-corrected chi connectivity index (χ4v) is 3.01. The SMILES string of the molecule is O=C(Cn1c(-c2cccc(F)c2)c(Cl)nc(Cl)c1=O)OCc1ccccc1. The maximum Gasteiger partial charge on any atom is 0.326 e. The molecular formula is C19H13Cl2FN2O3. The van der Waals surface area contributed by atoms with Gasteiger partial charge < -0.3 is 4.74 Å². The first-order valence-electron chi connectivity index (χ1n) is 7.87. The molecule has 0 saturated heterocycles. The molecule has 0 fully saturated rings. The number of aromatic nitrogens is 2. The van der Waals surface area contributed by atoms with Crippen molar-refractivity contribution in [3.8, 4) is 11.3 Å². The normalized spacial score (nSPS) is 10.6. The third-order valence-electron chi connectivity index (χ3n) is 3.71. The molecule has 0 aliphatic rings. The van der Waals surface area contributed by atoms with E-state index in [1.54, 1.807) is 18.2 Å². The Kier molecular flexibility index (Phi) is 5.88. The van der Waals surface area contributed by atoms with Crippen LogP contribution in [0.5, 0.6) is 0 Å². The zero-order valence-electron chi connectivity index (χ0n) is 13.9. The molecule has 0 amide bonds. The van der Waals surface area contributed by atoms with Crippen LogP contribution in [-0.4, -0.2) is 15.5 Å². The van der Waals surface area contributed by atoms with Crippen LogP contribution in [0, 0.1) is 5.82 Å². The van der Waals surface area contributed by atoms with Crippen molar-refractivity contribution in [2.24, 2.45) is 0 Å². The number of hydrogen-bond donors (Lipinski definition) is 0. The van der Waals surface area contributed by atoms with E-state index in [1.807, 2.05) is 18.2 Å². The van der Waals surface area contributed by atoms with Crippen LogP contribution in [0.15, 0.2) is 59.4 Å². The molecule has 0 spiro atoms. The molecule has 27 heavy (non-hydrogen) atoms. The minimum Gasteiger partial charge on any atom is -0.459 e. The molecule has 0 aliphatic carbocycles. The third kappa shape index (κ3) is 4.53. The van der Waals surface area contributed by atoms with Gasteiger partial charge in [-0.25, -0.2) is 9.37 Å². The molecule has 0 radical (unpaired) electrons. The molecule has 0 atom stereocenters. The van der Waals surface area contributed by atoms with Gasteiger partial charge >= 0.3 is 5.97 Å². The van der Waals surface area contributed by atoms with E-state index >= 15 is 0 Å². The summed E-state index contributed by atoms with van der Waals surface area (Å²) in [6.07, 6.45) is 0. The van der Waals surface area contributed by atoms with E-state index < -0.39 is 29.0 Å². The van der Waals surface area contributed by atoms with Crippen molar-refractivity contribution in [3.05, 3.63) is 86.6 Å². The van der Waals surface area contributed by atoms with Crippen LogP contribution >= 0.6 is 23.2 Å². The third-order valence-corrected chi connectivity index (χ3v) is 4.22. The topological polar surface area (TPSA) is 61.2 Å². The lowest BCUT2D eigenvalue weighted by atomic mass is 10.1. The van der Waals surface area contributed by atoms with Gasteiger partial charge in [-0.1, -0.05) is 65.7 Å². The van der Waals surface area contributed by atoms with E-state index in [1.165, 1.54) is 18.2 Å². The predicted molar refractivity (Wildman–Crippen MR) is 100 cm³/mol. The second kappa shape index (κ2) is 8.33. The van der Waals surface area contributed by atoms with Gasteiger partial charge in [0.05, 0.1) is 5.69 Å². The molecule has 0 aliphatic heterocycles. The first-order valence-corrected chi connectivity index (χ1v) is 8.62. The summed E-state index contributed by atoms with van der Waals surface area (Å²) in [6.45, 7) is -0.393. The molecule has 0 bridgehead atoms. The van der Waals surface area contributed by atoms with Crippen molar-refractivity contribution in [1.29, 1.82) is 0 Å². The van der Waals surface area contributed by atoms with E-state index in [0.717, 1.165) is 10.1 Å². The fraction of sp³-hybridized carbons (Fsp3) is 0.105. The highest BCUT2D eigenvalue weighted by atomic mass is 35.5. The number of benzene rings is 2. The standard InChI is InChI=1S/C19H13Cl2FN2O3/c20-17-16(13-7-4-8-14(22)9-13)24(19(26)18(21)23-17)10-15(25)27-11-12-5-2-1-3-6-12/h1-9H,10-11H2. The van der Waals surface area contributed by atoms with Gasteiger partial charge in [0.2, 0.25) is 0 Å². The Morgan fingerprint density at radius 3 is 2.52 bits per heavy atom. The van der Waals surface area contributed by atoms with E-state index in [-0.39, 0.29) is 23.0 Å². The van der Waals surface area contributed by atoms with Crippen LogP contribution in [-0.2, 0) is 22.7 Å². The van der Waals surface area contributed by atoms with E-state index in [9.17, 15) is 14.0 Å². The van der Waals surface area contributed by atoms with Crippen molar-refractivity contribution >= 4 is 29.2 Å². The molecular weight excluding hydrogens is 394 g/mol. The maximum absolute atomic E-state index is 13.6. The van der Waals surface area contributed by atoms with Crippen LogP contribution in [0.2, 0.25) is 10.3 Å². The van der Waals surface area contributed by atoms with Gasteiger partial charge in [0, 0.05) is 5.56 Å². The minimum atomic E-state index is -0.725. The number of ether oxygens (including phenoxy) is 1. The van der Waals surface area contributed by atoms with Gasteiger partial charge in [-0.3, -0.25) is 14.2 Å². The molecule has 2 aromatic carbocycles. The summed E-state index contributed by atoms with van der Waals surface area (Å²) in [5, 5.41) is -0.517. The number of carbonyl (C=O) groups is 1. The highest BCUT2D eigenvalue weighted by Gasteiger charge is 2.19. The van der Waals surface area contributed by atoms with Gasteiger partial charge in [0.15, 0.2) is 10.3 Å². The Hall–Kier alpha value is -2.70. The number of carbonyl (C=O) groups excluding carboxylic acids is 1. The first-order chi connectivity index (χ1) is 13.0. The van der Waals surface area contributed by atoms with Crippen molar-refractivity contribution in [1.82, 2.24) is 9.55 Å². The summed E-state index contributed by atoms with van der Waals surface area (Å²) in [7, 11) is 0. The smallest absolute Gasteiger partial charge is 0.326 e. The van der Waals surface area contributed by atoms with Crippen LogP contribution in [0.1, 0.15) is 5.56 Å². The average molecular weight is 407 g/mol. The number of rotatable bonds is 5. The average Bonchev–Trinajstić information content (AvgIpc) is 2.65. The number of hydrogen-bond acceptors (Lipinski definition) is 4. The summed E-state index contributed by atoms with van der Waals surface area (Å²) in [5.41, 5.74) is 0.450. The highest BCUT2D eigenvalue weighted by molar-refractivity contribution is 6.33. The predicted octanol–water partition coefficient (Wildman–Crippen LogP) is 4.10. The van der Waals surface area contributed by atoms with Crippen LogP contribution in [0.4, 0.5) is 4.39 Å². The zero-order valence-corrected chi connectivity index (χ0v) is 15.4. The molecule has 8 heteroatoms. The number of nitrogens with zero attached hydrogens (tertiary/aromatic N) is 2. The zero-order chi connectivity index (χ0) is 19.4. The van der Waals surface area contributed by atoms with Crippen LogP contribution in [0.3, 0.4) is 0 Å². The lowest BCUT2D eigenvalue weighted by Gasteiger charge is -2.14. The van der Waals surface area contributed by atoms with Crippen molar-refractivity contribution in [2.45, 2.75) is 13.2 Å². The highest BCUT2D eigenvalue weighted by Crippen LogP contribution is 2.26. The van der Waals surface area contributed by atoms with Crippen molar-refractivity contribution in [3.63, 3.8) is 0 Å². The summed E-state index contributed by atoms with van der Waals surface area (Å²) >= 11 is 11.9. The Morgan fingerprint density at radius 2 is 1.81 bits per heavy atom. The second-order valence-corrected chi connectivity index (χ2v) is 6.31. The molecule has 0 N–H and O–H groups in total. The van der Waals surface area contributed by atoms with Crippen molar-refractivity contribution in [2.75, 3.05) is 0 Å². The van der Waals surface area contributed by atoms with Crippen LogP contribution < -0.4 is 5.56 Å². The maximum atomic E-state index is 13.6. The Morgan fingerprint density at radius 1 is 1.07 bits per heavy atom. The largest absolute Gasteiger partial charge is 0.459 e. The fourth-order valence-electron chi connectivity index (χ4n) is 2.49. The Balaban J connectivity index is 1.92. The summed E-state index contributed by atoms with van der Waals surface area (Å²) in [5.74, 6) is -1.19. The van der Waals surface area contributed by atoms with Gasteiger partial charge in [0.1, 0.15) is 19.0 Å². The number of esters is 1. The lowest BCUT2D eigenvalue weighted by molar-refractivity contribution is -0.145. The quantitative estimate of drug-likeness (QED) is 0.598. The summed E-state index contributed by atoms with van der Waals surface area (Å²) < 4.78 is 19.8. The van der Waals surface area contributed by atoms with Crippen molar-refractivity contribution < 1.29 is 13.9 Å². The van der Waals surface area contributed by atoms with E-state index in [0.29, 0.717) is 0 Å². The first kappa shape index (κ1) is 19.1. The van der Waals surface area contributed by atoms with E-state index in [4.69, 9.17) is 27.9 Å². The van der Waals surface area contributed by atoms with Gasteiger partial charge in [-0.2, -0.15) is 0 Å². The van der Waals surface area contributed by atoms with Gasteiger partial charge in [-0.15, -0.1) is 0 Å². The molecule has 138 valence electrons. The molecule has 1 heterocycles. The molecule has 1 aromatic heterocycles. The summed E-state index contributed by atoms with van der Waals surface area (Å²) in [6, 6.07) is 14.5. The lowest BCUT2D eigenvalue weighted by Crippen LogP contribution is -2.28. The minimum absolute atomic E-state index is 0.0519. The van der Waals surface area contributed by atoms with Crippen LogP contribution in [0.25, 0.3) is 11.3 Å². The molecule has 0 unspecified atom stereocenters. The molecule has 5 nitrogen and oxygen atoms in total. The Bertz CT molecular complexity index is 1040. The monoisotopic (exact) mass is 406 g/mol. The van der Waals surface area contributed by atoms with E-state index in [2.05, 4.69) is 4.98 Å².